The molecule has 28 heavy (non-hydrogen) atoms. The summed E-state index contributed by atoms with van der Waals surface area (Å²) < 4.78 is 4.46. The van der Waals surface area contributed by atoms with Crippen LogP contribution in [0.25, 0.3) is 0 Å². The molecule has 0 aromatic heterocycles. The van der Waals surface area contributed by atoms with E-state index in [1.54, 1.807) is 0 Å². The highest BCUT2D eigenvalue weighted by atomic mass is 17.0. The summed E-state index contributed by atoms with van der Waals surface area (Å²) in [6.07, 6.45) is 0.620. The average Bonchev–Trinajstić information content (AvgIpc) is 2.69. The van der Waals surface area contributed by atoms with Gasteiger partial charge in [0, 0.05) is 25.2 Å². The zero-order chi connectivity index (χ0) is 21.4. The van der Waals surface area contributed by atoms with Gasteiger partial charge in [-0.15, -0.1) is 10.1 Å². The van der Waals surface area contributed by atoms with Gasteiger partial charge in [-0.05, 0) is 12.1 Å². The SMILES string of the molecule is COC(=O)CN(C)C(=O)c1cc(C(=O)N(C)CO[N+](=O)[O-])c(C=O)cc1C=O. The fraction of sp³-hybridized carbons (Fsp3) is 0.312. The Morgan fingerprint density at radius 3 is 1.96 bits per heavy atom. The number of carbonyl (C=O) groups excluding carboxylic acids is 5. The van der Waals surface area contributed by atoms with E-state index in [1.165, 1.54) is 14.1 Å². The Kier molecular flexibility index (Phi) is 7.74. The van der Waals surface area contributed by atoms with Gasteiger partial charge in [-0.25, -0.2) is 0 Å². The van der Waals surface area contributed by atoms with Gasteiger partial charge < -0.3 is 14.5 Å². The lowest BCUT2D eigenvalue weighted by Crippen LogP contribution is -2.34. The number of rotatable bonds is 9. The molecule has 1 rings (SSSR count). The first kappa shape index (κ1) is 22.2. The van der Waals surface area contributed by atoms with Crippen LogP contribution in [0.4, 0.5) is 0 Å². The van der Waals surface area contributed by atoms with Crippen molar-refractivity contribution in [2.24, 2.45) is 0 Å². The van der Waals surface area contributed by atoms with Crippen LogP contribution in [0.3, 0.4) is 0 Å². The lowest BCUT2D eigenvalue weighted by atomic mass is 9.97. The number of nitrogens with zero attached hydrogens (tertiary/aromatic N) is 3. The van der Waals surface area contributed by atoms with Crippen molar-refractivity contribution < 1.29 is 38.6 Å². The first-order chi connectivity index (χ1) is 13.2. The number of amides is 2. The Hall–Kier alpha value is -3.83. The fourth-order valence-electron chi connectivity index (χ4n) is 2.13. The molecule has 0 bridgehead atoms. The second kappa shape index (κ2) is 9.75. The molecule has 0 unspecified atom stereocenters. The van der Waals surface area contributed by atoms with Crippen molar-refractivity contribution in [2.45, 2.75) is 0 Å². The molecule has 0 aliphatic rings. The number of benzene rings is 1. The number of likely N-dealkylation sites (N-methyl/N-ethyl adjacent to an activating group) is 1. The lowest BCUT2D eigenvalue weighted by molar-refractivity contribution is -0.761. The molecule has 12 heteroatoms. The van der Waals surface area contributed by atoms with Gasteiger partial charge in [-0.3, -0.25) is 28.8 Å². The summed E-state index contributed by atoms with van der Waals surface area (Å²) in [5, 5.41) is 9.16. The molecule has 0 saturated heterocycles. The predicted molar refractivity (Wildman–Crippen MR) is 91.2 cm³/mol. The minimum absolute atomic E-state index is 0.176. The molecule has 0 N–H and O–H groups in total. The number of methoxy groups -OCH3 is 1. The van der Waals surface area contributed by atoms with E-state index in [-0.39, 0.29) is 22.3 Å². The molecular weight excluding hydrogens is 378 g/mol. The van der Waals surface area contributed by atoms with Gasteiger partial charge in [0.25, 0.3) is 16.9 Å². The quantitative estimate of drug-likeness (QED) is 0.182. The number of hydrogen-bond acceptors (Lipinski definition) is 9. The Bertz CT molecular complexity index is 822. The maximum Gasteiger partial charge on any atom is 0.325 e. The zero-order valence-electron chi connectivity index (χ0n) is 15.2. The highest BCUT2D eigenvalue weighted by Gasteiger charge is 2.24. The van der Waals surface area contributed by atoms with Crippen LogP contribution in [0.15, 0.2) is 12.1 Å². The lowest BCUT2D eigenvalue weighted by Gasteiger charge is -2.20. The zero-order valence-corrected chi connectivity index (χ0v) is 15.2. The van der Waals surface area contributed by atoms with Gasteiger partial charge in [-0.1, -0.05) is 0 Å². The van der Waals surface area contributed by atoms with Crippen molar-refractivity contribution >= 4 is 30.4 Å². The van der Waals surface area contributed by atoms with Crippen molar-refractivity contribution in [3.05, 3.63) is 44.5 Å². The topological polar surface area (TPSA) is 153 Å². The molecule has 0 saturated carbocycles. The summed E-state index contributed by atoms with van der Waals surface area (Å²) in [5.41, 5.74) is -0.888. The largest absolute Gasteiger partial charge is 0.468 e. The summed E-state index contributed by atoms with van der Waals surface area (Å²) in [6.45, 7) is -1.13. The minimum atomic E-state index is -1.10. The monoisotopic (exact) mass is 395 g/mol. The third-order valence-corrected chi connectivity index (χ3v) is 3.58. The van der Waals surface area contributed by atoms with E-state index in [0.717, 1.165) is 29.0 Å². The van der Waals surface area contributed by atoms with E-state index in [9.17, 15) is 34.1 Å². The normalized spacial score (nSPS) is 9.82. The van der Waals surface area contributed by atoms with Gasteiger partial charge in [0.15, 0.2) is 19.3 Å². The number of esters is 1. The van der Waals surface area contributed by atoms with Crippen LogP contribution in [0.2, 0.25) is 0 Å². The van der Waals surface area contributed by atoms with Crippen LogP contribution in [-0.2, 0) is 14.4 Å². The van der Waals surface area contributed by atoms with E-state index in [0.29, 0.717) is 12.6 Å². The van der Waals surface area contributed by atoms with E-state index >= 15 is 0 Å². The molecule has 0 heterocycles. The first-order valence-corrected chi connectivity index (χ1v) is 7.59. The van der Waals surface area contributed by atoms with Crippen molar-refractivity contribution in [1.82, 2.24) is 9.80 Å². The van der Waals surface area contributed by atoms with E-state index < -0.39 is 36.1 Å². The summed E-state index contributed by atoms with van der Waals surface area (Å²) >= 11 is 0. The Labute approximate surface area is 158 Å². The highest BCUT2D eigenvalue weighted by Crippen LogP contribution is 2.18. The molecule has 0 aliphatic carbocycles. The van der Waals surface area contributed by atoms with Crippen molar-refractivity contribution in [2.75, 3.05) is 34.5 Å². The Morgan fingerprint density at radius 2 is 1.54 bits per heavy atom. The molecule has 1 aromatic rings. The third kappa shape index (κ3) is 5.33. The van der Waals surface area contributed by atoms with Crippen LogP contribution in [0.5, 0.6) is 0 Å². The predicted octanol–water partition coefficient (Wildman–Crippen LogP) is -0.206. The molecule has 12 nitrogen and oxygen atoms in total. The molecule has 1 aromatic carbocycles. The summed E-state index contributed by atoms with van der Waals surface area (Å²) in [5.74, 6) is -2.34. The number of hydrogen-bond donors (Lipinski definition) is 0. The minimum Gasteiger partial charge on any atom is -0.468 e. The third-order valence-electron chi connectivity index (χ3n) is 3.58. The molecule has 0 spiro atoms. The second-order valence-electron chi connectivity index (χ2n) is 5.48. The van der Waals surface area contributed by atoms with Gasteiger partial charge in [0.1, 0.15) is 6.54 Å². The van der Waals surface area contributed by atoms with E-state index in [4.69, 9.17) is 0 Å². The summed E-state index contributed by atoms with van der Waals surface area (Å²) in [4.78, 5) is 75.1. The van der Waals surface area contributed by atoms with Gasteiger partial charge >= 0.3 is 5.97 Å². The molecule has 0 aliphatic heterocycles. The van der Waals surface area contributed by atoms with Crippen molar-refractivity contribution in [1.29, 1.82) is 0 Å². The molecule has 0 radical (unpaired) electrons. The number of carbonyl (C=O) groups is 5. The molecule has 0 atom stereocenters. The Balaban J connectivity index is 3.33. The number of ether oxygens (including phenoxy) is 1. The first-order valence-electron chi connectivity index (χ1n) is 7.59. The van der Waals surface area contributed by atoms with E-state index in [2.05, 4.69) is 9.57 Å². The second-order valence-corrected chi connectivity index (χ2v) is 5.48. The van der Waals surface area contributed by atoms with Gasteiger partial charge in [0.05, 0.1) is 18.2 Å². The average molecular weight is 395 g/mol. The fourth-order valence-corrected chi connectivity index (χ4v) is 2.13. The van der Waals surface area contributed by atoms with Crippen molar-refractivity contribution in [3.63, 3.8) is 0 Å². The van der Waals surface area contributed by atoms with Crippen LogP contribution >= 0.6 is 0 Å². The molecule has 0 fully saturated rings. The van der Waals surface area contributed by atoms with Crippen molar-refractivity contribution in [3.8, 4) is 0 Å². The highest BCUT2D eigenvalue weighted by molar-refractivity contribution is 6.08. The van der Waals surface area contributed by atoms with Gasteiger partial charge in [0.2, 0.25) is 0 Å². The maximum absolute atomic E-state index is 12.6. The van der Waals surface area contributed by atoms with Crippen LogP contribution < -0.4 is 0 Å². The Morgan fingerprint density at radius 1 is 1.04 bits per heavy atom. The molecule has 2 amide bonds. The van der Waals surface area contributed by atoms with Gasteiger partial charge in [-0.2, -0.15) is 0 Å². The molecule has 150 valence electrons. The standard InChI is InChI=1S/C16H17N3O9/c1-17(6-14(22)27-3)15(23)12-5-13(11(8-21)4-10(12)7-20)16(24)18(2)9-28-19(25)26/h4-5,7-8H,6,9H2,1-3H3. The summed E-state index contributed by atoms with van der Waals surface area (Å²) in [7, 11) is 3.59. The van der Waals surface area contributed by atoms with Crippen LogP contribution in [0, 0.1) is 10.1 Å². The smallest absolute Gasteiger partial charge is 0.325 e. The number of aldehydes is 2. The maximum atomic E-state index is 12.6. The van der Waals surface area contributed by atoms with Crippen LogP contribution in [0.1, 0.15) is 41.4 Å². The van der Waals surface area contributed by atoms with Crippen LogP contribution in [-0.4, -0.2) is 79.7 Å². The summed E-state index contributed by atoms with van der Waals surface area (Å²) in [6, 6.07) is 2.04. The molecular formula is C16H17N3O9. The van der Waals surface area contributed by atoms with E-state index in [1.807, 2.05) is 0 Å².